The Balaban J connectivity index is 1.52. The second-order valence-corrected chi connectivity index (χ2v) is 7.84. The normalized spacial score (nSPS) is 16.2. The molecule has 4 aromatic rings. The van der Waals surface area contributed by atoms with Gasteiger partial charge in [0.15, 0.2) is 24.7 Å². The first-order chi connectivity index (χ1) is 14.1. The Kier molecular flexibility index (Phi) is 4.27. The van der Waals surface area contributed by atoms with Gasteiger partial charge >= 0.3 is 0 Å². The third-order valence-electron chi connectivity index (χ3n) is 5.90. The highest BCUT2D eigenvalue weighted by Gasteiger charge is 2.30. The number of nitrogens with zero attached hydrogens (tertiary/aromatic N) is 2. The molecule has 0 N–H and O–H groups in total. The highest BCUT2D eigenvalue weighted by Crippen LogP contribution is 2.33. The zero-order valence-electron chi connectivity index (χ0n) is 16.3. The van der Waals surface area contributed by atoms with E-state index in [1.807, 2.05) is 18.2 Å². The topological polar surface area (TPSA) is 25.9 Å². The molecule has 0 spiro atoms. The monoisotopic (exact) mass is 385 g/mol. The summed E-state index contributed by atoms with van der Waals surface area (Å²) in [6.45, 7) is 2.88. The van der Waals surface area contributed by atoms with Crippen molar-refractivity contribution >= 4 is 16.7 Å². The number of aryl methyl sites for hydroxylation is 2. The van der Waals surface area contributed by atoms with E-state index >= 15 is 0 Å². The predicted molar refractivity (Wildman–Crippen MR) is 111 cm³/mol. The standard InChI is InChI=1S/C25H22FN2O/c1-17-14-28(24-10-8-19-7-9-20(26)13-21(19)25(24)29)23-11-12-27(16-22(17)23)15-18-5-3-2-4-6-18/h2-7,9,11-14,16,24H,8,10,15H2,1H3/q+1. The molecule has 0 radical (unpaired) electrons. The number of carbonyl (C=O) groups excluding carboxylic acids is 1. The first kappa shape index (κ1) is 17.8. The maximum atomic E-state index is 13.7. The molecule has 0 amide bonds. The van der Waals surface area contributed by atoms with Crippen molar-refractivity contribution in [2.75, 3.05) is 0 Å². The van der Waals surface area contributed by atoms with Crippen LogP contribution in [0.1, 0.15) is 39.5 Å². The van der Waals surface area contributed by atoms with Crippen molar-refractivity contribution in [1.82, 2.24) is 4.57 Å². The van der Waals surface area contributed by atoms with Gasteiger partial charge in [-0.15, -0.1) is 0 Å². The Morgan fingerprint density at radius 1 is 1.14 bits per heavy atom. The summed E-state index contributed by atoms with van der Waals surface area (Å²) in [5, 5.41) is 1.14. The summed E-state index contributed by atoms with van der Waals surface area (Å²) in [4.78, 5) is 13.1. The number of fused-ring (bicyclic) bond motifs is 2. The van der Waals surface area contributed by atoms with Gasteiger partial charge in [-0.1, -0.05) is 36.4 Å². The van der Waals surface area contributed by atoms with E-state index < -0.39 is 0 Å². The average Bonchev–Trinajstić information content (AvgIpc) is 3.05. The van der Waals surface area contributed by atoms with Gasteiger partial charge in [-0.25, -0.2) is 8.96 Å². The molecule has 0 saturated carbocycles. The Bertz CT molecular complexity index is 1230. The van der Waals surface area contributed by atoms with Crippen molar-refractivity contribution < 1.29 is 13.8 Å². The molecule has 4 heteroatoms. The number of aromatic nitrogens is 2. The zero-order chi connectivity index (χ0) is 20.0. The molecule has 5 rings (SSSR count). The molecular formula is C25H22FN2O+. The molecule has 0 bridgehead atoms. The summed E-state index contributed by atoms with van der Waals surface area (Å²) in [7, 11) is 0. The molecule has 1 aliphatic rings. The minimum Gasteiger partial charge on any atom is -0.336 e. The summed E-state index contributed by atoms with van der Waals surface area (Å²) in [6, 6.07) is 16.7. The number of Topliss-reactive ketones (excluding diaryl/α,β-unsaturated/α-hetero) is 1. The number of ketones is 1. The first-order valence-corrected chi connectivity index (χ1v) is 9.97. The Labute approximate surface area is 169 Å². The van der Waals surface area contributed by atoms with Gasteiger partial charge in [0.25, 0.3) is 0 Å². The van der Waals surface area contributed by atoms with Gasteiger partial charge < -0.3 is 4.57 Å². The summed E-state index contributed by atoms with van der Waals surface area (Å²) >= 11 is 0. The van der Waals surface area contributed by atoms with Crippen LogP contribution in [-0.4, -0.2) is 10.4 Å². The van der Waals surface area contributed by atoms with E-state index in [1.165, 1.54) is 17.7 Å². The number of benzene rings is 2. The van der Waals surface area contributed by atoms with Crippen LogP contribution in [0.4, 0.5) is 4.39 Å². The maximum Gasteiger partial charge on any atom is 0.185 e. The lowest BCUT2D eigenvalue weighted by atomic mass is 9.87. The molecule has 1 atom stereocenters. The van der Waals surface area contributed by atoms with Crippen molar-refractivity contribution in [2.24, 2.45) is 0 Å². The summed E-state index contributed by atoms with van der Waals surface area (Å²) in [6.07, 6.45) is 7.79. The van der Waals surface area contributed by atoms with Gasteiger partial charge in [-0.05, 0) is 43.0 Å². The van der Waals surface area contributed by atoms with Crippen molar-refractivity contribution in [3.8, 4) is 0 Å². The second-order valence-electron chi connectivity index (χ2n) is 7.84. The largest absolute Gasteiger partial charge is 0.336 e. The molecule has 29 heavy (non-hydrogen) atoms. The molecule has 1 unspecified atom stereocenters. The molecular weight excluding hydrogens is 363 g/mol. The average molecular weight is 385 g/mol. The Morgan fingerprint density at radius 3 is 2.79 bits per heavy atom. The van der Waals surface area contributed by atoms with Gasteiger partial charge in [-0.2, -0.15) is 0 Å². The highest BCUT2D eigenvalue weighted by atomic mass is 19.1. The van der Waals surface area contributed by atoms with E-state index in [0.29, 0.717) is 5.56 Å². The minimum atomic E-state index is -0.353. The fourth-order valence-electron chi connectivity index (χ4n) is 4.42. The van der Waals surface area contributed by atoms with Gasteiger partial charge in [0.1, 0.15) is 5.82 Å². The smallest absolute Gasteiger partial charge is 0.185 e. The number of carbonyl (C=O) groups is 1. The number of hydrogen-bond acceptors (Lipinski definition) is 1. The highest BCUT2D eigenvalue weighted by molar-refractivity contribution is 6.02. The molecule has 0 saturated heterocycles. The Hall–Kier alpha value is -3.27. The molecule has 2 aromatic carbocycles. The molecule has 0 fully saturated rings. The van der Waals surface area contributed by atoms with E-state index in [2.05, 4.69) is 52.8 Å². The van der Waals surface area contributed by atoms with Gasteiger partial charge in [0, 0.05) is 23.4 Å². The fourth-order valence-corrected chi connectivity index (χ4v) is 4.42. The van der Waals surface area contributed by atoms with Gasteiger partial charge in [0.2, 0.25) is 0 Å². The molecule has 2 heterocycles. The predicted octanol–water partition coefficient (Wildman–Crippen LogP) is 4.79. The van der Waals surface area contributed by atoms with Crippen LogP contribution >= 0.6 is 0 Å². The molecule has 1 aliphatic carbocycles. The van der Waals surface area contributed by atoms with E-state index in [-0.39, 0.29) is 17.6 Å². The summed E-state index contributed by atoms with van der Waals surface area (Å²) in [5.41, 5.74) is 4.90. The van der Waals surface area contributed by atoms with E-state index in [1.54, 1.807) is 6.07 Å². The van der Waals surface area contributed by atoms with Crippen LogP contribution in [0, 0.1) is 12.7 Å². The Morgan fingerprint density at radius 2 is 1.97 bits per heavy atom. The van der Waals surface area contributed by atoms with Crippen molar-refractivity contribution in [3.05, 3.63) is 101 Å². The van der Waals surface area contributed by atoms with E-state index in [9.17, 15) is 9.18 Å². The van der Waals surface area contributed by atoms with Crippen LogP contribution < -0.4 is 4.57 Å². The second kappa shape index (κ2) is 6.96. The number of pyridine rings is 1. The van der Waals surface area contributed by atoms with Crippen LogP contribution in [-0.2, 0) is 13.0 Å². The van der Waals surface area contributed by atoms with Crippen LogP contribution in [0.2, 0.25) is 0 Å². The lowest BCUT2D eigenvalue weighted by Crippen LogP contribution is -2.33. The lowest BCUT2D eigenvalue weighted by Gasteiger charge is -2.25. The molecule has 2 aromatic heterocycles. The number of rotatable bonds is 3. The summed E-state index contributed by atoms with van der Waals surface area (Å²) in [5.74, 6) is -0.350. The molecule has 3 nitrogen and oxygen atoms in total. The van der Waals surface area contributed by atoms with Crippen molar-refractivity contribution in [2.45, 2.75) is 32.4 Å². The quantitative estimate of drug-likeness (QED) is 0.466. The molecule has 144 valence electrons. The van der Waals surface area contributed by atoms with Crippen LogP contribution in [0.3, 0.4) is 0 Å². The fraction of sp³-hybridized carbons (Fsp3) is 0.200. The summed E-state index contributed by atoms with van der Waals surface area (Å²) < 4.78 is 18.0. The zero-order valence-corrected chi connectivity index (χ0v) is 16.3. The number of hydrogen-bond donors (Lipinski definition) is 0. The SMILES string of the molecule is Cc1cn(C2CCc3ccc(F)cc3C2=O)c2cc[n+](Cc3ccccc3)cc12. The maximum absolute atomic E-state index is 13.7. The van der Waals surface area contributed by atoms with Crippen molar-refractivity contribution in [1.29, 1.82) is 0 Å². The van der Waals surface area contributed by atoms with Crippen LogP contribution in [0.5, 0.6) is 0 Å². The first-order valence-electron chi connectivity index (χ1n) is 9.97. The molecule has 0 aliphatic heterocycles. The lowest BCUT2D eigenvalue weighted by molar-refractivity contribution is -0.687. The third-order valence-corrected chi connectivity index (χ3v) is 5.90. The third kappa shape index (κ3) is 3.15. The van der Waals surface area contributed by atoms with Crippen LogP contribution in [0.25, 0.3) is 10.9 Å². The number of halogens is 1. The van der Waals surface area contributed by atoms with Crippen molar-refractivity contribution in [3.63, 3.8) is 0 Å². The van der Waals surface area contributed by atoms with E-state index in [4.69, 9.17) is 0 Å². The van der Waals surface area contributed by atoms with E-state index in [0.717, 1.165) is 41.4 Å². The minimum absolute atomic E-state index is 0.00339. The van der Waals surface area contributed by atoms with Gasteiger partial charge in [-0.3, -0.25) is 4.79 Å². The van der Waals surface area contributed by atoms with Gasteiger partial charge in [0.05, 0.1) is 16.9 Å². The van der Waals surface area contributed by atoms with Crippen LogP contribution in [0.15, 0.2) is 73.2 Å².